The van der Waals surface area contributed by atoms with E-state index < -0.39 is 0 Å². The largest absolute Gasteiger partial charge is 0.465 e. The zero-order chi connectivity index (χ0) is 19.4. The highest BCUT2D eigenvalue weighted by molar-refractivity contribution is 5.95. The number of fused-ring (bicyclic) bond motifs is 1. The Balaban J connectivity index is 1.91. The van der Waals surface area contributed by atoms with Crippen LogP contribution in [0.5, 0.6) is 0 Å². The molecule has 1 atom stereocenters. The van der Waals surface area contributed by atoms with Gasteiger partial charge in [-0.15, -0.1) is 0 Å². The predicted octanol–water partition coefficient (Wildman–Crippen LogP) is 3.40. The average Bonchev–Trinajstić information content (AvgIpc) is 3.01. The summed E-state index contributed by atoms with van der Waals surface area (Å²) in [5.74, 6) is 0.112. The number of nitrogens with zero attached hydrogens (tertiary/aromatic N) is 2. The molecule has 1 aromatic heterocycles. The first-order valence-corrected chi connectivity index (χ1v) is 8.98. The van der Waals surface area contributed by atoms with E-state index in [1.807, 2.05) is 56.3 Å². The Morgan fingerprint density at radius 3 is 2.59 bits per heavy atom. The summed E-state index contributed by atoms with van der Waals surface area (Å²) in [5, 5.41) is 2.99. The first-order chi connectivity index (χ1) is 13.0. The normalized spacial score (nSPS) is 12.0. The summed E-state index contributed by atoms with van der Waals surface area (Å²) >= 11 is 0. The fourth-order valence-corrected chi connectivity index (χ4v) is 3.09. The van der Waals surface area contributed by atoms with Crippen molar-refractivity contribution in [3.63, 3.8) is 0 Å². The smallest absolute Gasteiger partial charge is 0.326 e. The van der Waals surface area contributed by atoms with Gasteiger partial charge in [0, 0.05) is 5.56 Å². The van der Waals surface area contributed by atoms with Gasteiger partial charge in [0.05, 0.1) is 23.7 Å². The van der Waals surface area contributed by atoms with Crippen LogP contribution in [0.2, 0.25) is 0 Å². The zero-order valence-electron chi connectivity index (χ0n) is 15.7. The van der Waals surface area contributed by atoms with Crippen LogP contribution in [0.25, 0.3) is 11.0 Å². The molecule has 1 heterocycles. The summed E-state index contributed by atoms with van der Waals surface area (Å²) < 4.78 is 6.89. The molecule has 0 spiro atoms. The molecule has 1 amide bonds. The molecule has 0 aliphatic rings. The molecule has 0 fully saturated rings. The Morgan fingerprint density at radius 2 is 1.85 bits per heavy atom. The van der Waals surface area contributed by atoms with Gasteiger partial charge in [0.15, 0.2) is 0 Å². The SMILES string of the molecule is CCOC(=O)Cn1c(C(C)NC(=O)c2ccccc2C)nc2ccccc21. The van der Waals surface area contributed by atoms with E-state index >= 15 is 0 Å². The number of benzene rings is 2. The van der Waals surface area contributed by atoms with Gasteiger partial charge >= 0.3 is 5.97 Å². The topological polar surface area (TPSA) is 73.2 Å². The lowest BCUT2D eigenvalue weighted by molar-refractivity contribution is -0.143. The molecule has 2 aromatic carbocycles. The summed E-state index contributed by atoms with van der Waals surface area (Å²) in [6.45, 7) is 5.90. The van der Waals surface area contributed by atoms with Gasteiger partial charge in [-0.25, -0.2) is 4.98 Å². The molecule has 3 aromatic rings. The average molecular weight is 365 g/mol. The second-order valence-corrected chi connectivity index (χ2v) is 6.36. The summed E-state index contributed by atoms with van der Waals surface area (Å²) in [4.78, 5) is 29.4. The van der Waals surface area contributed by atoms with Gasteiger partial charge in [-0.3, -0.25) is 9.59 Å². The molecule has 0 saturated carbocycles. The van der Waals surface area contributed by atoms with Crippen molar-refractivity contribution in [3.8, 4) is 0 Å². The van der Waals surface area contributed by atoms with Crippen molar-refractivity contribution in [3.05, 3.63) is 65.5 Å². The molecule has 0 aliphatic carbocycles. The molecule has 3 rings (SSSR count). The lowest BCUT2D eigenvalue weighted by Crippen LogP contribution is -2.30. The van der Waals surface area contributed by atoms with Gasteiger partial charge in [0.25, 0.3) is 5.91 Å². The molecule has 6 nitrogen and oxygen atoms in total. The molecular formula is C21H23N3O3. The van der Waals surface area contributed by atoms with Gasteiger partial charge in [-0.05, 0) is 44.5 Å². The number of rotatable bonds is 6. The predicted molar refractivity (Wildman–Crippen MR) is 103 cm³/mol. The van der Waals surface area contributed by atoms with Crippen LogP contribution in [0.3, 0.4) is 0 Å². The van der Waals surface area contributed by atoms with E-state index in [1.165, 1.54) is 0 Å². The summed E-state index contributed by atoms with van der Waals surface area (Å²) in [5.41, 5.74) is 3.13. The first kappa shape index (κ1) is 18.6. The van der Waals surface area contributed by atoms with Crippen molar-refractivity contribution in [2.24, 2.45) is 0 Å². The van der Waals surface area contributed by atoms with Crippen molar-refractivity contribution in [2.45, 2.75) is 33.4 Å². The van der Waals surface area contributed by atoms with Crippen LogP contribution >= 0.6 is 0 Å². The van der Waals surface area contributed by atoms with Crippen LogP contribution in [-0.4, -0.2) is 28.0 Å². The van der Waals surface area contributed by atoms with Crippen molar-refractivity contribution in [1.82, 2.24) is 14.9 Å². The Labute approximate surface area is 158 Å². The number of esters is 1. The number of carbonyl (C=O) groups is 2. The quantitative estimate of drug-likeness (QED) is 0.680. The molecule has 6 heteroatoms. The highest BCUT2D eigenvalue weighted by Crippen LogP contribution is 2.21. The molecule has 0 radical (unpaired) electrons. The molecule has 1 unspecified atom stereocenters. The van der Waals surface area contributed by atoms with E-state index in [1.54, 1.807) is 17.6 Å². The minimum atomic E-state index is -0.376. The minimum absolute atomic E-state index is 0.0499. The van der Waals surface area contributed by atoms with Gasteiger partial charge in [0.1, 0.15) is 12.4 Å². The van der Waals surface area contributed by atoms with Crippen molar-refractivity contribution in [2.75, 3.05) is 6.61 Å². The monoisotopic (exact) mass is 365 g/mol. The lowest BCUT2D eigenvalue weighted by atomic mass is 10.1. The number of ether oxygens (including phenoxy) is 1. The third kappa shape index (κ3) is 4.00. The van der Waals surface area contributed by atoms with E-state index in [0.29, 0.717) is 18.0 Å². The number of hydrogen-bond donors (Lipinski definition) is 1. The van der Waals surface area contributed by atoms with Crippen molar-refractivity contribution >= 4 is 22.9 Å². The minimum Gasteiger partial charge on any atom is -0.465 e. The van der Waals surface area contributed by atoms with Crippen LogP contribution in [0, 0.1) is 6.92 Å². The van der Waals surface area contributed by atoms with E-state index in [4.69, 9.17) is 4.74 Å². The number of carbonyl (C=O) groups excluding carboxylic acids is 2. The Hall–Kier alpha value is -3.15. The molecule has 1 N–H and O–H groups in total. The van der Waals surface area contributed by atoms with E-state index in [-0.39, 0.29) is 24.5 Å². The highest BCUT2D eigenvalue weighted by Gasteiger charge is 2.21. The lowest BCUT2D eigenvalue weighted by Gasteiger charge is -2.16. The summed E-state index contributed by atoms with van der Waals surface area (Å²) in [6.07, 6.45) is 0. The third-order valence-corrected chi connectivity index (χ3v) is 4.40. The number of hydrogen-bond acceptors (Lipinski definition) is 4. The molecule has 0 bridgehead atoms. The standard InChI is InChI=1S/C21H23N3O3/c1-4-27-19(25)13-24-18-12-8-7-11-17(18)23-20(24)15(3)22-21(26)16-10-6-5-9-14(16)2/h5-12,15H,4,13H2,1-3H3,(H,22,26). The number of amides is 1. The Bertz CT molecular complexity index is 978. The van der Waals surface area contributed by atoms with Crippen LogP contribution in [0.4, 0.5) is 0 Å². The van der Waals surface area contributed by atoms with Gasteiger partial charge < -0.3 is 14.6 Å². The fourth-order valence-electron chi connectivity index (χ4n) is 3.09. The molecule has 0 aliphatic heterocycles. The van der Waals surface area contributed by atoms with E-state index in [2.05, 4.69) is 10.3 Å². The zero-order valence-corrected chi connectivity index (χ0v) is 15.7. The van der Waals surface area contributed by atoms with Crippen LogP contribution in [0.15, 0.2) is 48.5 Å². The maximum atomic E-state index is 12.7. The van der Waals surface area contributed by atoms with Crippen molar-refractivity contribution < 1.29 is 14.3 Å². The van der Waals surface area contributed by atoms with Crippen molar-refractivity contribution in [1.29, 1.82) is 0 Å². The summed E-state index contributed by atoms with van der Waals surface area (Å²) in [6, 6.07) is 14.6. The van der Waals surface area contributed by atoms with Gasteiger partial charge in [-0.1, -0.05) is 30.3 Å². The maximum Gasteiger partial charge on any atom is 0.326 e. The first-order valence-electron chi connectivity index (χ1n) is 8.98. The molecule has 27 heavy (non-hydrogen) atoms. The second-order valence-electron chi connectivity index (χ2n) is 6.36. The molecule has 0 saturated heterocycles. The number of para-hydroxylation sites is 2. The van der Waals surface area contributed by atoms with Gasteiger partial charge in [-0.2, -0.15) is 0 Å². The number of imidazole rings is 1. The van der Waals surface area contributed by atoms with Crippen LogP contribution in [-0.2, 0) is 16.1 Å². The summed E-state index contributed by atoms with van der Waals surface area (Å²) in [7, 11) is 0. The number of aromatic nitrogens is 2. The maximum absolute atomic E-state index is 12.7. The number of nitrogens with one attached hydrogen (secondary N) is 1. The Kier molecular flexibility index (Phi) is 5.54. The second kappa shape index (κ2) is 8.03. The fraction of sp³-hybridized carbons (Fsp3) is 0.286. The molecular weight excluding hydrogens is 342 g/mol. The third-order valence-electron chi connectivity index (χ3n) is 4.40. The van der Waals surface area contributed by atoms with E-state index in [9.17, 15) is 9.59 Å². The van der Waals surface area contributed by atoms with E-state index in [0.717, 1.165) is 16.6 Å². The number of aryl methyl sites for hydroxylation is 1. The Morgan fingerprint density at radius 1 is 1.15 bits per heavy atom. The van der Waals surface area contributed by atoms with Crippen LogP contribution < -0.4 is 5.32 Å². The van der Waals surface area contributed by atoms with Gasteiger partial charge in [0.2, 0.25) is 0 Å². The van der Waals surface area contributed by atoms with Crippen LogP contribution in [0.1, 0.15) is 41.6 Å². The highest BCUT2D eigenvalue weighted by atomic mass is 16.5. The molecule has 140 valence electrons.